The molecule has 0 aliphatic heterocycles. The van der Waals surface area contributed by atoms with Crippen LogP contribution in [0, 0.1) is 0 Å². The number of hydrogen-bond acceptors (Lipinski definition) is 3. The molecule has 0 aliphatic rings. The van der Waals surface area contributed by atoms with Crippen molar-refractivity contribution >= 4 is 11.8 Å². The predicted molar refractivity (Wildman–Crippen MR) is 88.1 cm³/mol. The zero-order valence-electron chi connectivity index (χ0n) is 12.9. The van der Waals surface area contributed by atoms with Crippen LogP contribution in [0.3, 0.4) is 0 Å². The summed E-state index contributed by atoms with van der Waals surface area (Å²) in [5, 5.41) is 3.23. The Bertz CT molecular complexity index is 350. The molecule has 2 atom stereocenters. The molecular weight excluding hydrogens is 252 g/mol. The van der Waals surface area contributed by atoms with E-state index >= 15 is 0 Å². The molecule has 0 fully saturated rings. The van der Waals surface area contributed by atoms with Crippen molar-refractivity contribution < 1.29 is 0 Å². The largest absolute Gasteiger partial charge is 0.319 e. The van der Waals surface area contributed by atoms with Crippen molar-refractivity contribution in [2.24, 2.45) is 0 Å². The summed E-state index contributed by atoms with van der Waals surface area (Å²) in [7, 11) is 4.21. The first-order valence-electron chi connectivity index (χ1n) is 7.01. The summed E-state index contributed by atoms with van der Waals surface area (Å²) in [4.78, 5) is 2.42. The minimum atomic E-state index is 0.576. The normalized spacial score (nSPS) is 14.6. The van der Waals surface area contributed by atoms with Gasteiger partial charge in [-0.2, -0.15) is 11.8 Å². The van der Waals surface area contributed by atoms with Gasteiger partial charge in [0.05, 0.1) is 0 Å². The molecule has 1 rings (SSSR count). The van der Waals surface area contributed by atoms with Gasteiger partial charge in [-0.3, -0.25) is 4.90 Å². The Morgan fingerprint density at radius 1 is 1.21 bits per heavy atom. The summed E-state index contributed by atoms with van der Waals surface area (Å²) >= 11 is 1.91. The van der Waals surface area contributed by atoms with Gasteiger partial charge < -0.3 is 5.32 Å². The molecule has 0 bridgehead atoms. The molecule has 19 heavy (non-hydrogen) atoms. The Labute approximate surface area is 123 Å². The highest BCUT2D eigenvalue weighted by Gasteiger charge is 2.09. The highest BCUT2D eigenvalue weighted by atomic mass is 32.2. The Morgan fingerprint density at radius 3 is 2.37 bits per heavy atom. The van der Waals surface area contributed by atoms with Crippen molar-refractivity contribution in [3.8, 4) is 0 Å². The Kier molecular flexibility index (Phi) is 7.51. The van der Waals surface area contributed by atoms with E-state index in [1.165, 1.54) is 16.9 Å². The predicted octanol–water partition coefficient (Wildman–Crippen LogP) is 3.19. The van der Waals surface area contributed by atoms with E-state index in [4.69, 9.17) is 0 Å². The third kappa shape index (κ3) is 5.55. The number of rotatable bonds is 8. The standard InChI is InChI=1S/C16H28N2S/c1-13(10-17-3)16-8-6-15(7-9-16)11-18(4)14(2)12-19-5/h6-9,13-14,17H,10-12H2,1-5H3. The van der Waals surface area contributed by atoms with Gasteiger partial charge in [-0.1, -0.05) is 31.2 Å². The molecule has 2 nitrogen and oxygen atoms in total. The fraction of sp³-hybridized carbons (Fsp3) is 0.625. The third-order valence-electron chi connectivity index (χ3n) is 3.65. The van der Waals surface area contributed by atoms with Crippen molar-refractivity contribution in [1.29, 1.82) is 0 Å². The van der Waals surface area contributed by atoms with E-state index in [0.29, 0.717) is 12.0 Å². The summed E-state index contributed by atoms with van der Waals surface area (Å²) < 4.78 is 0. The maximum atomic E-state index is 3.23. The molecule has 0 saturated heterocycles. The zero-order valence-corrected chi connectivity index (χ0v) is 13.8. The van der Waals surface area contributed by atoms with Gasteiger partial charge in [0.2, 0.25) is 0 Å². The summed E-state index contributed by atoms with van der Waals surface area (Å²) in [5.74, 6) is 1.76. The molecule has 1 aromatic carbocycles. The van der Waals surface area contributed by atoms with Gasteiger partial charge in [-0.05, 0) is 44.3 Å². The molecule has 0 spiro atoms. The second-order valence-corrected chi connectivity index (χ2v) is 6.33. The average Bonchev–Trinajstić information content (AvgIpc) is 2.40. The summed E-state index contributed by atoms with van der Waals surface area (Å²) in [6, 6.07) is 9.69. The van der Waals surface area contributed by atoms with Gasteiger partial charge in [-0.15, -0.1) is 0 Å². The number of nitrogens with one attached hydrogen (secondary N) is 1. The fourth-order valence-electron chi connectivity index (χ4n) is 2.19. The van der Waals surface area contributed by atoms with Crippen LogP contribution in [0.25, 0.3) is 0 Å². The van der Waals surface area contributed by atoms with Gasteiger partial charge in [0.1, 0.15) is 0 Å². The molecule has 2 unspecified atom stereocenters. The van der Waals surface area contributed by atoms with Crippen LogP contribution in [-0.2, 0) is 6.54 Å². The molecule has 3 heteroatoms. The van der Waals surface area contributed by atoms with Crippen molar-refractivity contribution in [1.82, 2.24) is 10.2 Å². The quantitative estimate of drug-likeness (QED) is 0.787. The smallest absolute Gasteiger partial charge is 0.0233 e. The molecular formula is C16H28N2S. The van der Waals surface area contributed by atoms with E-state index in [2.05, 4.69) is 61.6 Å². The van der Waals surface area contributed by atoms with E-state index in [-0.39, 0.29) is 0 Å². The molecule has 0 aromatic heterocycles. The minimum absolute atomic E-state index is 0.576. The Morgan fingerprint density at radius 2 is 1.84 bits per heavy atom. The van der Waals surface area contributed by atoms with Crippen LogP contribution in [0.1, 0.15) is 30.9 Å². The lowest BCUT2D eigenvalue weighted by atomic mass is 10.00. The summed E-state index contributed by atoms with van der Waals surface area (Å²) in [5.41, 5.74) is 2.81. The molecule has 0 heterocycles. The van der Waals surface area contributed by atoms with Crippen molar-refractivity contribution in [3.63, 3.8) is 0 Å². The van der Waals surface area contributed by atoms with E-state index in [0.717, 1.165) is 13.1 Å². The number of thioether (sulfide) groups is 1. The second-order valence-electron chi connectivity index (χ2n) is 5.42. The molecule has 0 saturated carbocycles. The highest BCUT2D eigenvalue weighted by Crippen LogP contribution is 2.16. The van der Waals surface area contributed by atoms with Crippen LogP contribution >= 0.6 is 11.8 Å². The Balaban J connectivity index is 2.56. The second kappa shape index (κ2) is 8.62. The highest BCUT2D eigenvalue weighted by molar-refractivity contribution is 7.98. The third-order valence-corrected chi connectivity index (χ3v) is 4.47. The number of likely N-dealkylation sites (N-methyl/N-ethyl adjacent to an activating group) is 1. The van der Waals surface area contributed by atoms with Crippen molar-refractivity contribution in [2.75, 3.05) is 32.6 Å². The first-order chi connectivity index (χ1) is 9.08. The molecule has 0 radical (unpaired) electrons. The summed E-state index contributed by atoms with van der Waals surface area (Å²) in [6.45, 7) is 6.62. The van der Waals surface area contributed by atoms with E-state index < -0.39 is 0 Å². The zero-order chi connectivity index (χ0) is 14.3. The van der Waals surface area contributed by atoms with Gasteiger partial charge in [0.15, 0.2) is 0 Å². The van der Waals surface area contributed by atoms with Crippen LogP contribution in [0.5, 0.6) is 0 Å². The lowest BCUT2D eigenvalue weighted by molar-refractivity contribution is 0.269. The van der Waals surface area contributed by atoms with Crippen LogP contribution in [0.4, 0.5) is 0 Å². The molecule has 1 aromatic rings. The van der Waals surface area contributed by atoms with Crippen LogP contribution in [0.2, 0.25) is 0 Å². The Hall–Kier alpha value is -0.510. The van der Waals surface area contributed by atoms with Gasteiger partial charge in [0.25, 0.3) is 0 Å². The minimum Gasteiger partial charge on any atom is -0.319 e. The lowest BCUT2D eigenvalue weighted by Gasteiger charge is -2.24. The molecule has 0 aliphatic carbocycles. The van der Waals surface area contributed by atoms with E-state index in [9.17, 15) is 0 Å². The lowest BCUT2D eigenvalue weighted by Crippen LogP contribution is -2.30. The van der Waals surface area contributed by atoms with E-state index in [1.54, 1.807) is 0 Å². The first kappa shape index (κ1) is 16.5. The van der Waals surface area contributed by atoms with Crippen LogP contribution in [-0.4, -0.2) is 43.6 Å². The first-order valence-corrected chi connectivity index (χ1v) is 8.40. The topological polar surface area (TPSA) is 15.3 Å². The maximum Gasteiger partial charge on any atom is 0.0233 e. The fourth-order valence-corrected chi connectivity index (χ4v) is 2.92. The number of nitrogens with zero attached hydrogens (tertiary/aromatic N) is 1. The molecule has 108 valence electrons. The van der Waals surface area contributed by atoms with E-state index in [1.807, 2.05) is 18.8 Å². The van der Waals surface area contributed by atoms with Gasteiger partial charge >= 0.3 is 0 Å². The average molecular weight is 280 g/mol. The number of benzene rings is 1. The van der Waals surface area contributed by atoms with Crippen molar-refractivity contribution in [3.05, 3.63) is 35.4 Å². The summed E-state index contributed by atoms with van der Waals surface area (Å²) in [6.07, 6.45) is 2.17. The van der Waals surface area contributed by atoms with Gasteiger partial charge in [0, 0.05) is 24.9 Å². The molecule has 1 N–H and O–H groups in total. The van der Waals surface area contributed by atoms with Crippen LogP contribution in [0.15, 0.2) is 24.3 Å². The number of hydrogen-bond donors (Lipinski definition) is 1. The maximum absolute atomic E-state index is 3.23. The van der Waals surface area contributed by atoms with Gasteiger partial charge in [-0.25, -0.2) is 0 Å². The molecule has 0 amide bonds. The SMILES string of the molecule is CNCC(C)c1ccc(CN(C)C(C)CSC)cc1. The van der Waals surface area contributed by atoms with Crippen molar-refractivity contribution in [2.45, 2.75) is 32.4 Å². The van der Waals surface area contributed by atoms with Crippen LogP contribution < -0.4 is 5.32 Å². The monoisotopic (exact) mass is 280 g/mol.